The van der Waals surface area contributed by atoms with Crippen LogP contribution in [0.4, 0.5) is 0 Å². The standard InChI is InChI=1S/C18H22N4OS/c23-18(20-9-8-16-14-24-11-10-19-16)7-6-15-12-21-22(13-15)17-4-2-1-3-5-17/h1-7,12-13,16,19H,8-11,14H2,(H,20,23)/b7-6+. The van der Waals surface area contributed by atoms with Gasteiger partial charge in [0, 0.05) is 48.5 Å². The first-order chi connectivity index (χ1) is 11.8. The number of aromatic nitrogens is 2. The Morgan fingerprint density at radius 3 is 3.08 bits per heavy atom. The average molecular weight is 342 g/mol. The Morgan fingerprint density at radius 1 is 1.42 bits per heavy atom. The van der Waals surface area contributed by atoms with Crippen molar-refractivity contribution in [3.63, 3.8) is 0 Å². The fourth-order valence-corrected chi connectivity index (χ4v) is 3.55. The van der Waals surface area contributed by atoms with E-state index in [4.69, 9.17) is 0 Å². The van der Waals surface area contributed by atoms with E-state index in [1.807, 2.05) is 48.3 Å². The number of hydrogen-bond acceptors (Lipinski definition) is 4. The van der Waals surface area contributed by atoms with Crippen molar-refractivity contribution in [3.05, 3.63) is 54.4 Å². The Bertz CT molecular complexity index is 677. The molecule has 5 nitrogen and oxygen atoms in total. The summed E-state index contributed by atoms with van der Waals surface area (Å²) in [4.78, 5) is 11.9. The molecule has 1 atom stereocenters. The number of para-hydroxylation sites is 1. The Hall–Kier alpha value is -2.05. The summed E-state index contributed by atoms with van der Waals surface area (Å²) in [5, 5.41) is 10.7. The first-order valence-electron chi connectivity index (χ1n) is 8.18. The molecule has 2 aromatic rings. The van der Waals surface area contributed by atoms with Crippen molar-refractivity contribution >= 4 is 23.7 Å². The van der Waals surface area contributed by atoms with Gasteiger partial charge in [0.25, 0.3) is 0 Å². The summed E-state index contributed by atoms with van der Waals surface area (Å²) in [7, 11) is 0. The number of rotatable bonds is 6. The van der Waals surface area contributed by atoms with Gasteiger partial charge in [-0.05, 0) is 24.6 Å². The highest BCUT2D eigenvalue weighted by molar-refractivity contribution is 7.99. The normalized spacial score (nSPS) is 17.9. The van der Waals surface area contributed by atoms with Gasteiger partial charge >= 0.3 is 0 Å². The molecule has 24 heavy (non-hydrogen) atoms. The van der Waals surface area contributed by atoms with Gasteiger partial charge in [-0.1, -0.05) is 18.2 Å². The molecule has 1 amide bonds. The van der Waals surface area contributed by atoms with E-state index >= 15 is 0 Å². The largest absolute Gasteiger partial charge is 0.352 e. The third-order valence-electron chi connectivity index (χ3n) is 3.84. The molecular formula is C18H22N4OS. The van der Waals surface area contributed by atoms with Crippen molar-refractivity contribution in [1.82, 2.24) is 20.4 Å². The summed E-state index contributed by atoms with van der Waals surface area (Å²) in [5.41, 5.74) is 1.90. The molecule has 1 aromatic carbocycles. The zero-order valence-electron chi connectivity index (χ0n) is 13.5. The monoisotopic (exact) mass is 342 g/mol. The second-order valence-electron chi connectivity index (χ2n) is 5.69. The van der Waals surface area contributed by atoms with Crippen LogP contribution in [0.15, 0.2) is 48.8 Å². The van der Waals surface area contributed by atoms with Crippen molar-refractivity contribution in [2.24, 2.45) is 0 Å². The second kappa shape index (κ2) is 8.70. The molecule has 0 saturated carbocycles. The Balaban J connectivity index is 1.45. The summed E-state index contributed by atoms with van der Waals surface area (Å²) < 4.78 is 1.80. The highest BCUT2D eigenvalue weighted by atomic mass is 32.2. The summed E-state index contributed by atoms with van der Waals surface area (Å²) in [5.74, 6) is 2.25. The minimum atomic E-state index is -0.0640. The molecule has 0 spiro atoms. The minimum Gasteiger partial charge on any atom is -0.352 e. The maximum Gasteiger partial charge on any atom is 0.244 e. The fourth-order valence-electron chi connectivity index (χ4n) is 2.55. The summed E-state index contributed by atoms with van der Waals surface area (Å²) in [6.07, 6.45) is 7.98. The lowest BCUT2D eigenvalue weighted by molar-refractivity contribution is -0.116. The van der Waals surface area contributed by atoms with Crippen molar-refractivity contribution < 1.29 is 4.79 Å². The maximum absolute atomic E-state index is 11.9. The molecule has 1 unspecified atom stereocenters. The van der Waals surface area contributed by atoms with Crippen molar-refractivity contribution in [1.29, 1.82) is 0 Å². The quantitative estimate of drug-likeness (QED) is 0.790. The zero-order valence-corrected chi connectivity index (χ0v) is 14.3. The number of benzene rings is 1. The Labute approximate surface area is 146 Å². The number of hydrogen-bond donors (Lipinski definition) is 2. The number of thioether (sulfide) groups is 1. The molecule has 0 radical (unpaired) electrons. The van der Waals surface area contributed by atoms with Crippen molar-refractivity contribution in [3.8, 4) is 5.69 Å². The van der Waals surface area contributed by atoms with E-state index in [-0.39, 0.29) is 5.91 Å². The lowest BCUT2D eigenvalue weighted by atomic mass is 10.2. The van der Waals surface area contributed by atoms with Crippen LogP contribution in [-0.2, 0) is 4.79 Å². The van der Waals surface area contributed by atoms with E-state index in [2.05, 4.69) is 15.7 Å². The predicted molar refractivity (Wildman–Crippen MR) is 99.3 cm³/mol. The molecule has 1 saturated heterocycles. The lowest BCUT2D eigenvalue weighted by Crippen LogP contribution is -2.39. The van der Waals surface area contributed by atoms with Gasteiger partial charge in [-0.2, -0.15) is 16.9 Å². The maximum atomic E-state index is 11.9. The molecular weight excluding hydrogens is 320 g/mol. The van der Waals surface area contributed by atoms with E-state index in [9.17, 15) is 4.79 Å². The van der Waals surface area contributed by atoms with Crippen LogP contribution in [0.2, 0.25) is 0 Å². The number of carbonyl (C=O) groups is 1. The number of nitrogens with one attached hydrogen (secondary N) is 2. The Kier molecular flexibility index (Phi) is 6.09. The van der Waals surface area contributed by atoms with E-state index in [1.54, 1.807) is 23.0 Å². The number of nitrogens with zero attached hydrogens (tertiary/aromatic N) is 2. The first-order valence-corrected chi connectivity index (χ1v) is 9.34. The van der Waals surface area contributed by atoms with Gasteiger partial charge in [-0.3, -0.25) is 4.79 Å². The molecule has 2 N–H and O–H groups in total. The predicted octanol–water partition coefficient (Wildman–Crippen LogP) is 2.10. The topological polar surface area (TPSA) is 59.0 Å². The van der Waals surface area contributed by atoms with E-state index in [1.165, 1.54) is 5.75 Å². The summed E-state index contributed by atoms with van der Waals surface area (Å²) in [6, 6.07) is 10.4. The minimum absolute atomic E-state index is 0.0640. The average Bonchev–Trinajstić information content (AvgIpc) is 3.11. The van der Waals surface area contributed by atoms with Crippen LogP contribution in [0.1, 0.15) is 12.0 Å². The SMILES string of the molecule is O=C(/C=C/c1cnn(-c2ccccc2)c1)NCCC1CSCCN1. The third-order valence-corrected chi connectivity index (χ3v) is 4.97. The molecule has 1 fully saturated rings. The van der Waals surface area contributed by atoms with E-state index in [0.717, 1.165) is 30.0 Å². The van der Waals surface area contributed by atoms with Crippen LogP contribution in [0.25, 0.3) is 11.8 Å². The van der Waals surface area contributed by atoms with Crippen LogP contribution in [0.5, 0.6) is 0 Å². The highest BCUT2D eigenvalue weighted by Crippen LogP contribution is 2.10. The molecule has 1 aliphatic heterocycles. The van der Waals surface area contributed by atoms with Gasteiger partial charge in [0.15, 0.2) is 0 Å². The number of amides is 1. The van der Waals surface area contributed by atoms with Gasteiger partial charge in [0.05, 0.1) is 11.9 Å². The van der Waals surface area contributed by atoms with Crippen LogP contribution in [0, 0.1) is 0 Å². The van der Waals surface area contributed by atoms with Crippen LogP contribution in [0.3, 0.4) is 0 Å². The summed E-state index contributed by atoms with van der Waals surface area (Å²) in [6.45, 7) is 1.76. The molecule has 6 heteroatoms. The van der Waals surface area contributed by atoms with E-state index < -0.39 is 0 Å². The molecule has 126 valence electrons. The summed E-state index contributed by atoms with van der Waals surface area (Å²) >= 11 is 1.97. The fraction of sp³-hybridized carbons (Fsp3) is 0.333. The van der Waals surface area contributed by atoms with Crippen LogP contribution < -0.4 is 10.6 Å². The Morgan fingerprint density at radius 2 is 2.29 bits per heavy atom. The molecule has 0 aliphatic carbocycles. The van der Waals surface area contributed by atoms with Gasteiger partial charge in [-0.25, -0.2) is 4.68 Å². The molecule has 1 aliphatic rings. The van der Waals surface area contributed by atoms with Gasteiger partial charge in [0.1, 0.15) is 0 Å². The smallest absolute Gasteiger partial charge is 0.244 e. The van der Waals surface area contributed by atoms with Crippen molar-refractivity contribution in [2.45, 2.75) is 12.5 Å². The van der Waals surface area contributed by atoms with Crippen molar-refractivity contribution in [2.75, 3.05) is 24.6 Å². The van der Waals surface area contributed by atoms with Gasteiger partial charge < -0.3 is 10.6 Å². The number of carbonyl (C=O) groups excluding carboxylic acids is 1. The lowest BCUT2D eigenvalue weighted by Gasteiger charge is -2.22. The molecule has 0 bridgehead atoms. The molecule has 2 heterocycles. The van der Waals surface area contributed by atoms with Crippen LogP contribution in [-0.4, -0.2) is 46.3 Å². The van der Waals surface area contributed by atoms with E-state index in [0.29, 0.717) is 12.6 Å². The highest BCUT2D eigenvalue weighted by Gasteiger charge is 2.12. The van der Waals surface area contributed by atoms with Gasteiger partial charge in [0.2, 0.25) is 5.91 Å². The third kappa shape index (κ3) is 4.97. The molecule has 3 rings (SSSR count). The van der Waals surface area contributed by atoms with Crippen LogP contribution >= 0.6 is 11.8 Å². The molecule has 1 aromatic heterocycles. The second-order valence-corrected chi connectivity index (χ2v) is 6.84. The van der Waals surface area contributed by atoms with Gasteiger partial charge in [-0.15, -0.1) is 0 Å². The zero-order chi connectivity index (χ0) is 16.6. The first kappa shape index (κ1) is 16.8.